The Hall–Kier alpha value is -2.73. The average Bonchev–Trinajstić information content (AvgIpc) is 2.89. The number of hydrogen-bond donors (Lipinski definition) is 1. The van der Waals surface area contributed by atoms with Crippen molar-refractivity contribution >= 4 is 17.0 Å². The van der Waals surface area contributed by atoms with Gasteiger partial charge in [0.05, 0.1) is 29.4 Å². The summed E-state index contributed by atoms with van der Waals surface area (Å²) in [6.07, 6.45) is 0. The second-order valence-electron chi connectivity index (χ2n) is 4.50. The molecule has 1 amide bonds. The molecule has 106 valence electrons. The molecule has 3 rings (SSSR count). The maximum Gasteiger partial charge on any atom is 0.275 e. The molecule has 1 aromatic carbocycles. The molecule has 21 heavy (non-hydrogen) atoms. The number of nitrogens with one attached hydrogen (secondary N) is 1. The van der Waals surface area contributed by atoms with E-state index >= 15 is 0 Å². The lowest BCUT2D eigenvalue weighted by molar-refractivity contribution is 0.0539. The van der Waals surface area contributed by atoms with Gasteiger partial charge in [0.25, 0.3) is 11.6 Å². The normalized spacial score (nSPS) is 10.8. The van der Waals surface area contributed by atoms with Gasteiger partial charge in [-0.15, -0.1) is 0 Å². The van der Waals surface area contributed by atoms with Crippen LogP contribution < -0.4 is 5.48 Å². The Morgan fingerprint density at radius 1 is 1.29 bits per heavy atom. The summed E-state index contributed by atoms with van der Waals surface area (Å²) in [5, 5.41) is 4.46. The zero-order valence-electron chi connectivity index (χ0n) is 11.6. The summed E-state index contributed by atoms with van der Waals surface area (Å²) >= 11 is 0. The lowest BCUT2D eigenvalue weighted by Gasteiger charge is -2.06. The molecule has 0 bridgehead atoms. The number of carbonyl (C=O) groups excluding carboxylic acids is 1. The predicted molar refractivity (Wildman–Crippen MR) is 76.5 cm³/mol. The number of carbonyl (C=O) groups is 1. The lowest BCUT2D eigenvalue weighted by atomic mass is 10.1. The maximum atomic E-state index is 12.2. The quantitative estimate of drug-likeness (QED) is 0.747. The van der Waals surface area contributed by atoms with Gasteiger partial charge in [0.15, 0.2) is 0 Å². The Balaban J connectivity index is 2.23. The van der Waals surface area contributed by atoms with Crippen molar-refractivity contribution in [1.29, 1.82) is 0 Å². The van der Waals surface area contributed by atoms with Crippen LogP contribution in [0.3, 0.4) is 0 Å². The van der Waals surface area contributed by atoms with E-state index in [9.17, 15) is 4.79 Å². The van der Waals surface area contributed by atoms with Crippen molar-refractivity contribution in [3.63, 3.8) is 0 Å². The van der Waals surface area contributed by atoms with Gasteiger partial charge in [-0.1, -0.05) is 35.5 Å². The van der Waals surface area contributed by atoms with Crippen molar-refractivity contribution in [2.75, 3.05) is 7.11 Å². The largest absolute Gasteiger partial charge is 0.335 e. The highest BCUT2D eigenvalue weighted by molar-refractivity contribution is 6.06. The highest BCUT2D eigenvalue weighted by Gasteiger charge is 2.19. The van der Waals surface area contributed by atoms with Gasteiger partial charge in [-0.05, 0) is 13.0 Å². The third-order valence-electron chi connectivity index (χ3n) is 3.13. The first-order valence-corrected chi connectivity index (χ1v) is 6.36. The van der Waals surface area contributed by atoms with Crippen LogP contribution in [0.4, 0.5) is 0 Å². The molecule has 6 heteroatoms. The summed E-state index contributed by atoms with van der Waals surface area (Å²) in [4.78, 5) is 21.3. The summed E-state index contributed by atoms with van der Waals surface area (Å²) in [5.74, 6) is -0.367. The zero-order valence-corrected chi connectivity index (χ0v) is 11.6. The smallest absolute Gasteiger partial charge is 0.275 e. The van der Waals surface area contributed by atoms with Crippen molar-refractivity contribution in [2.45, 2.75) is 6.92 Å². The van der Waals surface area contributed by atoms with E-state index in [-0.39, 0.29) is 5.91 Å². The minimum Gasteiger partial charge on any atom is -0.335 e. The predicted octanol–water partition coefficient (Wildman–Crippen LogP) is 2.49. The average molecular weight is 283 g/mol. The van der Waals surface area contributed by atoms with Crippen LogP contribution in [0.5, 0.6) is 0 Å². The molecule has 0 saturated heterocycles. The number of nitrogens with zero attached hydrogens (tertiary/aromatic N) is 2. The number of benzene rings is 1. The lowest BCUT2D eigenvalue weighted by Crippen LogP contribution is -2.22. The molecule has 0 aliphatic carbocycles. The Labute approximate surface area is 120 Å². The first kappa shape index (κ1) is 13.3. The molecule has 1 N–H and O–H groups in total. The van der Waals surface area contributed by atoms with Gasteiger partial charge < -0.3 is 4.52 Å². The van der Waals surface area contributed by atoms with Gasteiger partial charge in [0.1, 0.15) is 0 Å². The number of hydroxylamine groups is 1. The number of fused-ring (bicyclic) bond motifs is 1. The van der Waals surface area contributed by atoms with Gasteiger partial charge in [-0.25, -0.2) is 10.5 Å². The fraction of sp³-hybridized carbons (Fsp3) is 0.133. The van der Waals surface area contributed by atoms with Crippen LogP contribution >= 0.6 is 0 Å². The third kappa shape index (κ3) is 2.36. The maximum absolute atomic E-state index is 12.2. The van der Waals surface area contributed by atoms with Crippen LogP contribution in [0, 0.1) is 6.92 Å². The summed E-state index contributed by atoms with van der Waals surface area (Å²) in [5.41, 5.74) is 5.20. The molecular weight excluding hydrogens is 270 g/mol. The molecule has 2 aromatic heterocycles. The molecule has 0 fully saturated rings. The summed E-state index contributed by atoms with van der Waals surface area (Å²) in [6, 6.07) is 11.3. The van der Waals surface area contributed by atoms with Crippen molar-refractivity contribution < 1.29 is 14.2 Å². The van der Waals surface area contributed by atoms with Gasteiger partial charge in [0, 0.05) is 5.56 Å². The highest BCUT2D eigenvalue weighted by atomic mass is 16.6. The zero-order chi connectivity index (χ0) is 14.8. The van der Waals surface area contributed by atoms with E-state index in [0.717, 1.165) is 5.56 Å². The first-order chi connectivity index (χ1) is 10.2. The number of pyridine rings is 1. The Kier molecular flexibility index (Phi) is 3.37. The number of hydrogen-bond acceptors (Lipinski definition) is 5. The Bertz CT molecular complexity index is 797. The molecule has 2 heterocycles. The molecule has 3 aromatic rings. The van der Waals surface area contributed by atoms with E-state index < -0.39 is 0 Å². The van der Waals surface area contributed by atoms with Crippen LogP contribution in [0.25, 0.3) is 22.4 Å². The fourth-order valence-electron chi connectivity index (χ4n) is 2.18. The monoisotopic (exact) mass is 283 g/mol. The van der Waals surface area contributed by atoms with Crippen molar-refractivity contribution in [2.24, 2.45) is 0 Å². The van der Waals surface area contributed by atoms with Gasteiger partial charge in [0.2, 0.25) is 0 Å². The third-order valence-corrected chi connectivity index (χ3v) is 3.13. The molecule has 0 aliphatic rings. The van der Waals surface area contributed by atoms with Gasteiger partial charge >= 0.3 is 0 Å². The minimum atomic E-state index is -0.367. The standard InChI is InChI=1S/C15H13N3O3/c1-9-13-11(14(19)18-20-2)8-12(16-15(13)21-17-9)10-6-4-3-5-7-10/h3-8H,1-2H3,(H,18,19). The van der Waals surface area contributed by atoms with Gasteiger partial charge in [-0.2, -0.15) is 0 Å². The molecule has 0 unspecified atom stereocenters. The van der Waals surface area contributed by atoms with Crippen molar-refractivity contribution in [3.05, 3.63) is 47.7 Å². The fourth-order valence-corrected chi connectivity index (χ4v) is 2.18. The second-order valence-corrected chi connectivity index (χ2v) is 4.50. The van der Waals surface area contributed by atoms with E-state index in [4.69, 9.17) is 9.36 Å². The Morgan fingerprint density at radius 2 is 2.05 bits per heavy atom. The van der Waals surface area contributed by atoms with Crippen LogP contribution in [0.1, 0.15) is 16.1 Å². The molecule has 6 nitrogen and oxygen atoms in total. The molecule has 0 aliphatic heterocycles. The topological polar surface area (TPSA) is 77.2 Å². The summed E-state index contributed by atoms with van der Waals surface area (Å²) in [6.45, 7) is 1.76. The first-order valence-electron chi connectivity index (χ1n) is 6.36. The number of aromatic nitrogens is 2. The number of rotatable bonds is 3. The second kappa shape index (κ2) is 5.34. The molecule has 0 spiro atoms. The Morgan fingerprint density at radius 3 is 2.76 bits per heavy atom. The van der Waals surface area contributed by atoms with E-state index in [1.165, 1.54) is 7.11 Å². The highest BCUT2D eigenvalue weighted by Crippen LogP contribution is 2.26. The summed E-state index contributed by atoms with van der Waals surface area (Å²) < 4.78 is 5.20. The number of aryl methyl sites for hydroxylation is 1. The minimum absolute atomic E-state index is 0.329. The van der Waals surface area contributed by atoms with E-state index in [1.807, 2.05) is 30.3 Å². The van der Waals surface area contributed by atoms with Crippen LogP contribution in [-0.4, -0.2) is 23.2 Å². The molecule has 0 saturated carbocycles. The van der Waals surface area contributed by atoms with Crippen LogP contribution in [0.2, 0.25) is 0 Å². The van der Waals surface area contributed by atoms with E-state index in [2.05, 4.69) is 15.6 Å². The summed E-state index contributed by atoms with van der Waals surface area (Å²) in [7, 11) is 1.38. The molecule has 0 radical (unpaired) electrons. The SMILES string of the molecule is CONC(=O)c1cc(-c2ccccc2)nc2onc(C)c12. The number of amides is 1. The van der Waals surface area contributed by atoms with Gasteiger partial charge in [-0.3, -0.25) is 9.63 Å². The van der Waals surface area contributed by atoms with Crippen LogP contribution in [0.15, 0.2) is 40.9 Å². The molecule has 0 atom stereocenters. The van der Waals surface area contributed by atoms with Crippen LogP contribution in [-0.2, 0) is 4.84 Å². The molecular formula is C15H13N3O3. The van der Waals surface area contributed by atoms with E-state index in [0.29, 0.717) is 28.1 Å². The van der Waals surface area contributed by atoms with E-state index in [1.54, 1.807) is 13.0 Å². The van der Waals surface area contributed by atoms with Crippen molar-refractivity contribution in [1.82, 2.24) is 15.6 Å². The van der Waals surface area contributed by atoms with Crippen molar-refractivity contribution in [3.8, 4) is 11.3 Å².